The molecule has 0 radical (unpaired) electrons. The molecule has 0 saturated carbocycles. The Bertz CT molecular complexity index is 463. The minimum atomic E-state index is -1.09. The fraction of sp³-hybridized carbons (Fsp3) is 0.462. The number of phenols is 2. The maximum Gasteiger partial charge on any atom is 0.320 e. The Morgan fingerprint density at radius 2 is 1.78 bits per heavy atom. The number of nitrogens with two attached hydrogens (primary N) is 1. The lowest BCUT2D eigenvalue weighted by molar-refractivity contribution is -0.138. The molecular weight excluding hydrogens is 234 g/mol. The van der Waals surface area contributed by atoms with Gasteiger partial charge in [-0.05, 0) is 35.1 Å². The smallest absolute Gasteiger partial charge is 0.320 e. The van der Waals surface area contributed by atoms with Crippen molar-refractivity contribution in [2.45, 2.75) is 38.6 Å². The molecule has 0 aliphatic heterocycles. The van der Waals surface area contributed by atoms with E-state index in [-0.39, 0.29) is 23.3 Å². The van der Waals surface area contributed by atoms with Gasteiger partial charge in [-0.2, -0.15) is 0 Å². The number of carbonyl (C=O) groups is 1. The molecule has 5 nitrogen and oxygen atoms in total. The molecular formula is C13H19NO4. The molecule has 0 unspecified atom stereocenters. The molecule has 1 atom stereocenters. The van der Waals surface area contributed by atoms with E-state index in [1.165, 1.54) is 12.1 Å². The summed E-state index contributed by atoms with van der Waals surface area (Å²) in [5, 5.41) is 27.9. The summed E-state index contributed by atoms with van der Waals surface area (Å²) in [4.78, 5) is 10.8. The summed E-state index contributed by atoms with van der Waals surface area (Å²) in [6.45, 7) is 5.82. The number of rotatable bonds is 3. The minimum absolute atomic E-state index is 0.107. The normalized spacial score (nSPS) is 13.3. The van der Waals surface area contributed by atoms with E-state index in [4.69, 9.17) is 10.8 Å². The molecule has 1 aromatic rings. The molecule has 0 amide bonds. The monoisotopic (exact) mass is 253 g/mol. The van der Waals surface area contributed by atoms with Gasteiger partial charge in [0.25, 0.3) is 0 Å². The quantitative estimate of drug-likeness (QED) is 0.609. The van der Waals surface area contributed by atoms with E-state index in [0.29, 0.717) is 5.56 Å². The summed E-state index contributed by atoms with van der Waals surface area (Å²) in [6, 6.07) is 1.80. The number of hydrogen-bond donors (Lipinski definition) is 4. The summed E-state index contributed by atoms with van der Waals surface area (Å²) in [7, 11) is 0. The zero-order valence-corrected chi connectivity index (χ0v) is 10.8. The van der Waals surface area contributed by atoms with Gasteiger partial charge in [0.05, 0.1) is 0 Å². The third kappa shape index (κ3) is 3.13. The van der Waals surface area contributed by atoms with Gasteiger partial charge < -0.3 is 21.1 Å². The van der Waals surface area contributed by atoms with Crippen LogP contribution in [-0.2, 0) is 16.6 Å². The molecule has 0 saturated heterocycles. The lowest BCUT2D eigenvalue weighted by Gasteiger charge is -2.24. The van der Waals surface area contributed by atoms with E-state index in [0.717, 1.165) is 5.56 Å². The molecule has 5 heteroatoms. The van der Waals surface area contributed by atoms with E-state index in [9.17, 15) is 15.0 Å². The second-order valence-corrected chi connectivity index (χ2v) is 5.40. The fourth-order valence-electron chi connectivity index (χ4n) is 1.81. The van der Waals surface area contributed by atoms with Crippen LogP contribution < -0.4 is 5.73 Å². The first-order chi connectivity index (χ1) is 8.12. The van der Waals surface area contributed by atoms with Gasteiger partial charge in [-0.1, -0.05) is 20.8 Å². The Morgan fingerprint density at radius 3 is 2.22 bits per heavy atom. The van der Waals surface area contributed by atoms with Crippen molar-refractivity contribution in [3.05, 3.63) is 23.3 Å². The Labute approximate surface area is 106 Å². The topological polar surface area (TPSA) is 104 Å². The van der Waals surface area contributed by atoms with Crippen LogP contribution in [0.4, 0.5) is 0 Å². The van der Waals surface area contributed by atoms with E-state index in [1.807, 2.05) is 20.8 Å². The van der Waals surface area contributed by atoms with Gasteiger partial charge in [0, 0.05) is 0 Å². The van der Waals surface area contributed by atoms with E-state index in [2.05, 4.69) is 0 Å². The third-order valence-corrected chi connectivity index (χ3v) is 2.77. The largest absolute Gasteiger partial charge is 0.504 e. The Kier molecular flexibility index (Phi) is 3.86. The zero-order chi connectivity index (χ0) is 14.1. The summed E-state index contributed by atoms with van der Waals surface area (Å²) in [5.74, 6) is -1.58. The second kappa shape index (κ2) is 4.86. The van der Waals surface area contributed by atoms with Gasteiger partial charge in [0.2, 0.25) is 0 Å². The highest BCUT2D eigenvalue weighted by atomic mass is 16.4. The van der Waals surface area contributed by atoms with Crippen LogP contribution >= 0.6 is 0 Å². The summed E-state index contributed by atoms with van der Waals surface area (Å²) in [6.07, 6.45) is 0.107. The number of benzene rings is 1. The number of aromatic hydroxyl groups is 2. The number of phenolic OH excluding ortho intramolecular Hbond substituents is 2. The van der Waals surface area contributed by atoms with Crippen LogP contribution in [0.15, 0.2) is 12.1 Å². The molecule has 0 aromatic heterocycles. The third-order valence-electron chi connectivity index (χ3n) is 2.77. The number of carboxylic acids is 1. The van der Waals surface area contributed by atoms with Crippen molar-refractivity contribution in [3.63, 3.8) is 0 Å². The van der Waals surface area contributed by atoms with Crippen molar-refractivity contribution in [3.8, 4) is 11.5 Å². The van der Waals surface area contributed by atoms with Gasteiger partial charge in [-0.25, -0.2) is 0 Å². The van der Waals surface area contributed by atoms with Crippen LogP contribution in [0.3, 0.4) is 0 Å². The molecule has 18 heavy (non-hydrogen) atoms. The van der Waals surface area contributed by atoms with Gasteiger partial charge in [-0.15, -0.1) is 0 Å². The van der Waals surface area contributed by atoms with Crippen LogP contribution in [0.2, 0.25) is 0 Å². The van der Waals surface area contributed by atoms with Gasteiger partial charge in [0.15, 0.2) is 11.5 Å². The van der Waals surface area contributed by atoms with Crippen molar-refractivity contribution in [2.24, 2.45) is 5.73 Å². The average Bonchev–Trinajstić information content (AvgIpc) is 2.21. The molecule has 100 valence electrons. The van der Waals surface area contributed by atoms with Crippen LogP contribution in [0.1, 0.15) is 31.9 Å². The zero-order valence-electron chi connectivity index (χ0n) is 10.8. The predicted octanol–water partition coefficient (Wildman–Crippen LogP) is 1.35. The maximum atomic E-state index is 10.8. The SMILES string of the molecule is CC(C)(C)c1cc(O)c(O)cc1C[C@H](N)C(=O)O. The molecule has 0 aliphatic carbocycles. The molecule has 5 N–H and O–H groups in total. The molecule has 0 bridgehead atoms. The standard InChI is InChI=1S/C13H19NO4/c1-13(2,3)8-6-11(16)10(15)5-7(8)4-9(14)12(17)18/h5-6,9,15-16H,4,14H2,1-3H3,(H,17,18)/t9-/m0/s1. The number of carboxylic acid groups (broad SMARTS) is 1. The first-order valence-electron chi connectivity index (χ1n) is 5.66. The lowest BCUT2D eigenvalue weighted by atomic mass is 9.82. The highest BCUT2D eigenvalue weighted by Gasteiger charge is 2.23. The minimum Gasteiger partial charge on any atom is -0.504 e. The Balaban J connectivity index is 3.24. The van der Waals surface area contributed by atoms with Crippen molar-refractivity contribution in [1.29, 1.82) is 0 Å². The van der Waals surface area contributed by atoms with Gasteiger partial charge >= 0.3 is 5.97 Å². The molecule has 0 fully saturated rings. The summed E-state index contributed by atoms with van der Waals surface area (Å²) < 4.78 is 0. The molecule has 0 spiro atoms. The first-order valence-corrected chi connectivity index (χ1v) is 5.66. The van der Waals surface area contributed by atoms with Crippen LogP contribution in [-0.4, -0.2) is 27.3 Å². The van der Waals surface area contributed by atoms with Gasteiger partial charge in [0.1, 0.15) is 6.04 Å². The van der Waals surface area contributed by atoms with E-state index >= 15 is 0 Å². The van der Waals surface area contributed by atoms with Gasteiger partial charge in [-0.3, -0.25) is 4.79 Å². The lowest BCUT2D eigenvalue weighted by Crippen LogP contribution is -2.33. The van der Waals surface area contributed by atoms with Crippen LogP contribution in [0.5, 0.6) is 11.5 Å². The number of hydrogen-bond acceptors (Lipinski definition) is 4. The Hall–Kier alpha value is -1.75. The van der Waals surface area contributed by atoms with Crippen LogP contribution in [0.25, 0.3) is 0 Å². The molecule has 0 aliphatic rings. The first kappa shape index (κ1) is 14.3. The average molecular weight is 253 g/mol. The summed E-state index contributed by atoms with van der Waals surface area (Å²) in [5.41, 5.74) is 6.63. The molecule has 1 rings (SSSR count). The fourth-order valence-corrected chi connectivity index (χ4v) is 1.81. The molecule has 1 aromatic carbocycles. The summed E-state index contributed by atoms with van der Waals surface area (Å²) >= 11 is 0. The van der Waals surface area contributed by atoms with Crippen molar-refractivity contribution in [2.75, 3.05) is 0 Å². The highest BCUT2D eigenvalue weighted by molar-refractivity contribution is 5.73. The molecule has 0 heterocycles. The number of aliphatic carboxylic acids is 1. The highest BCUT2D eigenvalue weighted by Crippen LogP contribution is 2.35. The van der Waals surface area contributed by atoms with E-state index in [1.54, 1.807) is 0 Å². The predicted molar refractivity (Wildman–Crippen MR) is 67.8 cm³/mol. The maximum absolute atomic E-state index is 10.8. The van der Waals surface area contributed by atoms with Crippen molar-refractivity contribution < 1.29 is 20.1 Å². The van der Waals surface area contributed by atoms with E-state index < -0.39 is 12.0 Å². The Morgan fingerprint density at radius 1 is 1.28 bits per heavy atom. The second-order valence-electron chi connectivity index (χ2n) is 5.40. The van der Waals surface area contributed by atoms with Crippen molar-refractivity contribution in [1.82, 2.24) is 0 Å². The van der Waals surface area contributed by atoms with Crippen LogP contribution in [0, 0.1) is 0 Å². The van der Waals surface area contributed by atoms with Crippen molar-refractivity contribution >= 4 is 5.97 Å².